The van der Waals surface area contributed by atoms with Gasteiger partial charge < -0.3 is 0 Å². The first-order valence-corrected chi connectivity index (χ1v) is 9.42. The van der Waals surface area contributed by atoms with Crippen LogP contribution in [0.1, 0.15) is 43.0 Å². The SMILES string of the molecule is Cc1cc(C)c(C)c(S(=O)(=O)N2C(=O)c3ccc([N+](=O)[O-])cc3C2=O)c1C. The van der Waals surface area contributed by atoms with E-state index in [2.05, 4.69) is 0 Å². The first-order valence-electron chi connectivity index (χ1n) is 7.98. The Kier molecular flexibility index (Phi) is 4.15. The van der Waals surface area contributed by atoms with Gasteiger partial charge in [0.1, 0.15) is 0 Å². The normalized spacial score (nSPS) is 13.9. The van der Waals surface area contributed by atoms with Crippen molar-refractivity contribution in [3.8, 4) is 0 Å². The first kappa shape index (κ1) is 18.7. The molecule has 0 saturated heterocycles. The number of nitro groups is 1. The molecule has 1 heterocycles. The summed E-state index contributed by atoms with van der Waals surface area (Å²) >= 11 is 0. The molecule has 9 heteroatoms. The summed E-state index contributed by atoms with van der Waals surface area (Å²) in [6.45, 7) is 6.70. The molecule has 0 saturated carbocycles. The molecule has 2 aromatic rings. The van der Waals surface area contributed by atoms with E-state index in [9.17, 15) is 28.1 Å². The standard InChI is InChI=1S/C18H16N2O6S/c1-9-7-10(2)12(4)16(11(9)3)27(25,26)19-17(21)14-6-5-13(20(23)24)8-15(14)18(19)22/h5-8H,1-4H3. The minimum absolute atomic E-state index is 0.0935. The van der Waals surface area contributed by atoms with Crippen LogP contribution in [0.5, 0.6) is 0 Å². The van der Waals surface area contributed by atoms with Crippen molar-refractivity contribution in [1.29, 1.82) is 0 Å². The smallest absolute Gasteiger partial charge is 0.267 e. The Morgan fingerprint density at radius 2 is 1.41 bits per heavy atom. The third-order valence-corrected chi connectivity index (χ3v) is 6.78. The molecule has 1 aliphatic rings. The van der Waals surface area contributed by atoms with Crippen molar-refractivity contribution in [1.82, 2.24) is 4.31 Å². The summed E-state index contributed by atoms with van der Waals surface area (Å²) in [5.41, 5.74) is 1.45. The topological polar surface area (TPSA) is 115 Å². The number of hydrogen-bond donors (Lipinski definition) is 0. The van der Waals surface area contributed by atoms with Crippen LogP contribution in [0.2, 0.25) is 0 Å². The van der Waals surface area contributed by atoms with E-state index in [0.29, 0.717) is 22.3 Å². The van der Waals surface area contributed by atoms with E-state index in [4.69, 9.17) is 0 Å². The molecule has 140 valence electrons. The fourth-order valence-corrected chi connectivity index (χ4v) is 5.11. The van der Waals surface area contributed by atoms with Gasteiger partial charge in [-0.15, -0.1) is 0 Å². The van der Waals surface area contributed by atoms with E-state index in [1.54, 1.807) is 27.7 Å². The molecule has 0 atom stereocenters. The van der Waals surface area contributed by atoms with Crippen LogP contribution >= 0.6 is 0 Å². The van der Waals surface area contributed by atoms with Crippen molar-refractivity contribution in [3.63, 3.8) is 0 Å². The van der Waals surface area contributed by atoms with Gasteiger partial charge in [-0.2, -0.15) is 4.31 Å². The average Bonchev–Trinajstić information content (AvgIpc) is 2.84. The molecule has 3 rings (SSSR count). The summed E-state index contributed by atoms with van der Waals surface area (Å²) in [7, 11) is -4.48. The fraction of sp³-hybridized carbons (Fsp3) is 0.222. The summed E-state index contributed by atoms with van der Waals surface area (Å²) in [4.78, 5) is 35.5. The Morgan fingerprint density at radius 3 is 1.93 bits per heavy atom. The van der Waals surface area contributed by atoms with Crippen LogP contribution in [0.25, 0.3) is 0 Å². The van der Waals surface area contributed by atoms with Crippen LogP contribution in [-0.4, -0.2) is 29.5 Å². The van der Waals surface area contributed by atoms with Crippen molar-refractivity contribution >= 4 is 27.5 Å². The van der Waals surface area contributed by atoms with Crippen LogP contribution in [0.15, 0.2) is 29.2 Å². The Balaban J connectivity index is 2.22. The molecule has 0 bridgehead atoms. The van der Waals surface area contributed by atoms with Gasteiger partial charge in [0.15, 0.2) is 0 Å². The molecule has 2 aromatic carbocycles. The van der Waals surface area contributed by atoms with E-state index in [1.807, 2.05) is 6.07 Å². The number of carbonyl (C=O) groups excluding carboxylic acids is 2. The number of sulfonamides is 1. The zero-order valence-corrected chi connectivity index (χ0v) is 15.9. The molecule has 0 radical (unpaired) electrons. The van der Waals surface area contributed by atoms with Crippen LogP contribution in [0.3, 0.4) is 0 Å². The van der Waals surface area contributed by atoms with Gasteiger partial charge in [0.2, 0.25) is 0 Å². The lowest BCUT2D eigenvalue weighted by Gasteiger charge is -2.20. The summed E-state index contributed by atoms with van der Waals surface area (Å²) in [6, 6.07) is 4.92. The lowest BCUT2D eigenvalue weighted by atomic mass is 10.0. The second-order valence-electron chi connectivity index (χ2n) is 6.46. The first-order chi connectivity index (χ1) is 12.5. The highest BCUT2D eigenvalue weighted by Gasteiger charge is 2.46. The molecule has 0 fully saturated rings. The second kappa shape index (κ2) is 5.98. The van der Waals surface area contributed by atoms with E-state index in [1.165, 1.54) is 0 Å². The van der Waals surface area contributed by atoms with Gasteiger partial charge in [-0.1, -0.05) is 6.07 Å². The lowest BCUT2D eigenvalue weighted by molar-refractivity contribution is -0.384. The highest BCUT2D eigenvalue weighted by molar-refractivity contribution is 7.90. The van der Waals surface area contributed by atoms with Gasteiger partial charge in [-0.05, 0) is 56.0 Å². The van der Waals surface area contributed by atoms with Crippen molar-refractivity contribution < 1.29 is 22.9 Å². The van der Waals surface area contributed by atoms with E-state index in [-0.39, 0.29) is 20.3 Å². The van der Waals surface area contributed by atoms with Gasteiger partial charge >= 0.3 is 0 Å². The highest BCUT2D eigenvalue weighted by atomic mass is 32.2. The monoisotopic (exact) mass is 388 g/mol. The molecule has 1 aliphatic heterocycles. The summed E-state index contributed by atoms with van der Waals surface area (Å²) in [5.74, 6) is -2.10. The molecular formula is C18H16N2O6S. The molecular weight excluding hydrogens is 372 g/mol. The van der Waals surface area contributed by atoms with Crippen molar-refractivity contribution in [2.24, 2.45) is 0 Å². The van der Waals surface area contributed by atoms with Gasteiger partial charge in [-0.25, -0.2) is 8.42 Å². The molecule has 0 N–H and O–H groups in total. The quantitative estimate of drug-likeness (QED) is 0.454. The van der Waals surface area contributed by atoms with Crippen LogP contribution in [0, 0.1) is 37.8 Å². The van der Waals surface area contributed by atoms with Crippen LogP contribution < -0.4 is 0 Å². The van der Waals surface area contributed by atoms with Gasteiger partial charge in [0.05, 0.1) is 20.9 Å². The lowest BCUT2D eigenvalue weighted by Crippen LogP contribution is -2.37. The maximum Gasteiger partial charge on any atom is 0.276 e. The molecule has 8 nitrogen and oxygen atoms in total. The number of fused-ring (bicyclic) bond motifs is 1. The van der Waals surface area contributed by atoms with Crippen molar-refractivity contribution in [3.05, 3.63) is 67.8 Å². The predicted octanol–water partition coefficient (Wildman–Crippen LogP) is 2.81. The number of imide groups is 1. The zero-order chi connectivity index (χ0) is 20.3. The van der Waals surface area contributed by atoms with E-state index < -0.39 is 32.4 Å². The average molecular weight is 388 g/mol. The molecule has 0 aromatic heterocycles. The number of amides is 2. The Labute approximate surface area is 155 Å². The van der Waals surface area contributed by atoms with Gasteiger partial charge in [0.25, 0.3) is 27.5 Å². The fourth-order valence-electron chi connectivity index (χ4n) is 3.20. The van der Waals surface area contributed by atoms with E-state index >= 15 is 0 Å². The number of carbonyl (C=O) groups is 2. The Morgan fingerprint density at radius 1 is 0.889 bits per heavy atom. The Hall–Kier alpha value is -3.07. The number of non-ortho nitro benzene ring substituents is 1. The molecule has 27 heavy (non-hydrogen) atoms. The third kappa shape index (κ3) is 2.62. The van der Waals surface area contributed by atoms with Gasteiger partial charge in [0, 0.05) is 12.1 Å². The number of aryl methyl sites for hydroxylation is 2. The zero-order valence-electron chi connectivity index (χ0n) is 15.1. The number of benzene rings is 2. The number of nitro benzene ring substituents is 1. The van der Waals surface area contributed by atoms with Crippen LogP contribution in [0.4, 0.5) is 5.69 Å². The van der Waals surface area contributed by atoms with Gasteiger partial charge in [-0.3, -0.25) is 19.7 Å². The summed E-state index contributed by atoms with van der Waals surface area (Å²) < 4.78 is 26.7. The highest BCUT2D eigenvalue weighted by Crippen LogP contribution is 2.34. The second-order valence-corrected chi connectivity index (χ2v) is 8.18. The summed E-state index contributed by atoms with van der Waals surface area (Å²) in [5, 5.41) is 10.9. The minimum Gasteiger partial charge on any atom is -0.267 e. The van der Waals surface area contributed by atoms with Crippen molar-refractivity contribution in [2.45, 2.75) is 32.6 Å². The molecule has 2 amide bonds. The predicted molar refractivity (Wildman–Crippen MR) is 96.2 cm³/mol. The third-order valence-electron chi connectivity index (χ3n) is 4.84. The molecule has 0 unspecified atom stereocenters. The Bertz CT molecular complexity index is 1120. The van der Waals surface area contributed by atoms with E-state index in [0.717, 1.165) is 18.2 Å². The summed E-state index contributed by atoms with van der Waals surface area (Å²) in [6.07, 6.45) is 0. The number of nitrogens with zero attached hydrogens (tertiary/aromatic N) is 2. The minimum atomic E-state index is -4.48. The largest absolute Gasteiger partial charge is 0.276 e. The number of rotatable bonds is 3. The number of hydrogen-bond acceptors (Lipinski definition) is 6. The van der Waals surface area contributed by atoms with Crippen molar-refractivity contribution in [2.75, 3.05) is 0 Å². The maximum atomic E-state index is 13.2. The molecule has 0 aliphatic carbocycles. The maximum absolute atomic E-state index is 13.2. The molecule has 0 spiro atoms. The van der Waals surface area contributed by atoms with Crippen LogP contribution in [-0.2, 0) is 10.0 Å².